The first kappa shape index (κ1) is 12.5. The maximum Gasteiger partial charge on any atom is 0.0921 e. The van der Waals surface area contributed by atoms with Crippen LogP contribution in [-0.4, -0.2) is 41.1 Å². The van der Waals surface area contributed by atoms with E-state index in [0.717, 1.165) is 25.9 Å². The predicted octanol–water partition coefficient (Wildman–Crippen LogP) is 0.794. The maximum atomic E-state index is 9.80. The Kier molecular flexibility index (Phi) is 4.54. The molecule has 3 unspecified atom stereocenters. The molecule has 0 radical (unpaired) electrons. The van der Waals surface area contributed by atoms with Crippen LogP contribution in [0.15, 0.2) is 0 Å². The third-order valence-electron chi connectivity index (χ3n) is 3.39. The van der Waals surface area contributed by atoms with Crippen LogP contribution >= 0.6 is 0 Å². The number of amidine groups is 1. The minimum atomic E-state index is -0.222. The summed E-state index contributed by atoms with van der Waals surface area (Å²) in [7, 11) is 0. The van der Waals surface area contributed by atoms with Gasteiger partial charge in [-0.25, -0.2) is 0 Å². The Bertz CT molecular complexity index is 220. The number of hydrogen-bond donors (Lipinski definition) is 3. The van der Waals surface area contributed by atoms with Crippen molar-refractivity contribution in [1.29, 1.82) is 5.41 Å². The van der Waals surface area contributed by atoms with Gasteiger partial charge in [0.15, 0.2) is 0 Å². The van der Waals surface area contributed by atoms with Crippen molar-refractivity contribution in [3.63, 3.8) is 0 Å². The topological polar surface area (TPSA) is 73.3 Å². The van der Waals surface area contributed by atoms with Gasteiger partial charge in [0.25, 0.3) is 0 Å². The van der Waals surface area contributed by atoms with Crippen LogP contribution in [0, 0.1) is 11.3 Å². The van der Waals surface area contributed by atoms with Crippen LogP contribution in [-0.2, 0) is 0 Å². The highest BCUT2D eigenvalue weighted by Crippen LogP contribution is 2.21. The first-order valence-electron chi connectivity index (χ1n) is 5.79. The number of aliphatic hydroxyl groups is 1. The number of β-amino-alcohol motifs (C(OH)–C–C–N with tert-alkyl or cyclic N) is 1. The van der Waals surface area contributed by atoms with E-state index in [1.807, 2.05) is 0 Å². The van der Waals surface area contributed by atoms with Crippen molar-refractivity contribution in [3.05, 3.63) is 0 Å². The van der Waals surface area contributed by atoms with Crippen LogP contribution in [0.1, 0.15) is 33.1 Å². The molecule has 0 aromatic carbocycles. The molecule has 0 saturated carbocycles. The fourth-order valence-electron chi connectivity index (χ4n) is 2.19. The molecule has 1 aliphatic rings. The second-order valence-electron chi connectivity index (χ2n) is 4.62. The number of rotatable bonds is 4. The molecule has 0 bridgehead atoms. The van der Waals surface area contributed by atoms with Crippen LogP contribution in [0.2, 0.25) is 0 Å². The fraction of sp³-hybridized carbons (Fsp3) is 0.909. The molecular weight excluding hydrogens is 190 g/mol. The SMILES string of the molecule is CCC(CC(=N)N)N1CCC(C)C(O)C1. The molecule has 0 aromatic rings. The Labute approximate surface area is 92.0 Å². The number of nitrogens with zero attached hydrogens (tertiary/aromatic N) is 1. The maximum absolute atomic E-state index is 9.80. The lowest BCUT2D eigenvalue weighted by molar-refractivity contribution is 0.0104. The summed E-state index contributed by atoms with van der Waals surface area (Å²) in [6.07, 6.45) is 2.42. The molecule has 1 fully saturated rings. The minimum Gasteiger partial charge on any atom is -0.392 e. The van der Waals surface area contributed by atoms with E-state index in [1.165, 1.54) is 0 Å². The molecule has 1 rings (SSSR count). The van der Waals surface area contributed by atoms with Crippen LogP contribution in [0.4, 0.5) is 0 Å². The minimum absolute atomic E-state index is 0.222. The van der Waals surface area contributed by atoms with Gasteiger partial charge in [0.2, 0.25) is 0 Å². The van der Waals surface area contributed by atoms with Crippen molar-refractivity contribution in [2.75, 3.05) is 13.1 Å². The normalized spacial score (nSPS) is 30.1. The van der Waals surface area contributed by atoms with Gasteiger partial charge in [-0.15, -0.1) is 0 Å². The first-order chi connectivity index (χ1) is 7.04. The van der Waals surface area contributed by atoms with Crippen LogP contribution in [0.5, 0.6) is 0 Å². The number of nitrogens with two attached hydrogens (primary N) is 1. The summed E-state index contributed by atoms with van der Waals surface area (Å²) < 4.78 is 0. The van der Waals surface area contributed by atoms with Gasteiger partial charge in [-0.1, -0.05) is 13.8 Å². The van der Waals surface area contributed by atoms with Crippen molar-refractivity contribution < 1.29 is 5.11 Å². The Morgan fingerprint density at radius 2 is 2.33 bits per heavy atom. The van der Waals surface area contributed by atoms with Crippen molar-refractivity contribution in [2.45, 2.75) is 45.3 Å². The zero-order valence-corrected chi connectivity index (χ0v) is 9.74. The number of piperidine rings is 1. The number of aliphatic hydroxyl groups excluding tert-OH is 1. The summed E-state index contributed by atoms with van der Waals surface area (Å²) in [4.78, 5) is 2.27. The van der Waals surface area contributed by atoms with Gasteiger partial charge in [-0.3, -0.25) is 10.3 Å². The quantitative estimate of drug-likeness (QED) is 0.477. The molecule has 4 N–H and O–H groups in total. The van der Waals surface area contributed by atoms with Gasteiger partial charge < -0.3 is 10.8 Å². The van der Waals surface area contributed by atoms with Crippen LogP contribution in [0.25, 0.3) is 0 Å². The van der Waals surface area contributed by atoms with E-state index in [-0.39, 0.29) is 11.9 Å². The largest absolute Gasteiger partial charge is 0.392 e. The van der Waals surface area contributed by atoms with E-state index in [0.29, 0.717) is 18.4 Å². The van der Waals surface area contributed by atoms with Gasteiger partial charge in [0.05, 0.1) is 11.9 Å². The molecule has 1 saturated heterocycles. The van der Waals surface area contributed by atoms with Gasteiger partial charge >= 0.3 is 0 Å². The predicted molar refractivity (Wildman–Crippen MR) is 62.0 cm³/mol. The third kappa shape index (κ3) is 3.47. The average Bonchev–Trinajstić information content (AvgIpc) is 2.18. The summed E-state index contributed by atoms with van der Waals surface area (Å²) in [6, 6.07) is 0.324. The Balaban J connectivity index is 2.50. The number of likely N-dealkylation sites (tertiary alicyclic amines) is 1. The summed E-state index contributed by atoms with van der Waals surface area (Å²) in [5, 5.41) is 17.1. The van der Waals surface area contributed by atoms with Crippen LogP contribution < -0.4 is 5.73 Å². The molecule has 1 aliphatic heterocycles. The molecule has 15 heavy (non-hydrogen) atoms. The zero-order valence-electron chi connectivity index (χ0n) is 9.74. The highest BCUT2D eigenvalue weighted by Gasteiger charge is 2.28. The average molecular weight is 213 g/mol. The van der Waals surface area contributed by atoms with Crippen molar-refractivity contribution in [3.8, 4) is 0 Å². The van der Waals surface area contributed by atoms with Crippen molar-refractivity contribution in [1.82, 2.24) is 4.90 Å². The van der Waals surface area contributed by atoms with Gasteiger partial charge in [0, 0.05) is 19.0 Å². The molecule has 1 heterocycles. The summed E-state index contributed by atoms with van der Waals surface area (Å²) in [5.74, 6) is 0.644. The van der Waals surface area contributed by atoms with Crippen molar-refractivity contribution in [2.24, 2.45) is 11.7 Å². The molecule has 0 spiro atoms. The summed E-state index contributed by atoms with van der Waals surface area (Å²) >= 11 is 0. The van der Waals surface area contributed by atoms with E-state index in [9.17, 15) is 5.11 Å². The molecule has 4 nitrogen and oxygen atoms in total. The fourth-order valence-corrected chi connectivity index (χ4v) is 2.19. The monoisotopic (exact) mass is 213 g/mol. The second kappa shape index (κ2) is 5.47. The molecular formula is C11H23N3O. The standard InChI is InChI=1S/C11H23N3O/c1-3-9(6-11(12)13)14-5-4-8(2)10(15)7-14/h8-10,15H,3-7H2,1-2H3,(H3,12,13). The van der Waals surface area contributed by atoms with E-state index in [4.69, 9.17) is 11.1 Å². The van der Waals surface area contributed by atoms with E-state index in [1.54, 1.807) is 0 Å². The lowest BCUT2D eigenvalue weighted by Gasteiger charge is -2.39. The summed E-state index contributed by atoms with van der Waals surface area (Å²) in [6.45, 7) is 5.95. The molecule has 3 atom stereocenters. The molecule has 0 amide bonds. The lowest BCUT2D eigenvalue weighted by Crippen LogP contribution is -2.48. The van der Waals surface area contributed by atoms with Gasteiger partial charge in [0.1, 0.15) is 0 Å². The Morgan fingerprint density at radius 3 is 2.80 bits per heavy atom. The Hall–Kier alpha value is -0.610. The van der Waals surface area contributed by atoms with E-state index >= 15 is 0 Å². The second-order valence-corrected chi connectivity index (χ2v) is 4.62. The first-order valence-corrected chi connectivity index (χ1v) is 5.79. The van der Waals surface area contributed by atoms with E-state index in [2.05, 4.69) is 18.7 Å². The Morgan fingerprint density at radius 1 is 1.67 bits per heavy atom. The van der Waals surface area contributed by atoms with E-state index < -0.39 is 0 Å². The van der Waals surface area contributed by atoms with Crippen LogP contribution in [0.3, 0.4) is 0 Å². The van der Waals surface area contributed by atoms with Gasteiger partial charge in [-0.05, 0) is 25.3 Å². The third-order valence-corrected chi connectivity index (χ3v) is 3.39. The smallest absolute Gasteiger partial charge is 0.0921 e. The summed E-state index contributed by atoms with van der Waals surface area (Å²) in [5.41, 5.74) is 5.43. The highest BCUT2D eigenvalue weighted by molar-refractivity contribution is 5.77. The molecule has 4 heteroatoms. The highest BCUT2D eigenvalue weighted by atomic mass is 16.3. The van der Waals surface area contributed by atoms with Crippen molar-refractivity contribution >= 4 is 5.84 Å². The molecule has 88 valence electrons. The molecule has 0 aliphatic carbocycles. The lowest BCUT2D eigenvalue weighted by atomic mass is 9.94. The molecule has 0 aromatic heterocycles. The number of hydrogen-bond acceptors (Lipinski definition) is 3. The number of nitrogens with one attached hydrogen (secondary N) is 1. The zero-order chi connectivity index (χ0) is 11.4. The van der Waals surface area contributed by atoms with Gasteiger partial charge in [-0.2, -0.15) is 0 Å².